The zero-order valence-electron chi connectivity index (χ0n) is 8.59. The second kappa shape index (κ2) is 4.56. The van der Waals surface area contributed by atoms with Gasteiger partial charge in [-0.1, -0.05) is 6.07 Å². The lowest BCUT2D eigenvalue weighted by molar-refractivity contribution is 0.0683. The molecule has 17 heavy (non-hydrogen) atoms. The molecule has 6 heteroatoms. The van der Waals surface area contributed by atoms with Crippen molar-refractivity contribution in [3.8, 4) is 0 Å². The highest BCUT2D eigenvalue weighted by molar-refractivity contribution is 5.83. The SMILES string of the molecule is O=C(O)c1nccc(Nc2cccc(F)c2)n1. The molecule has 0 fully saturated rings. The summed E-state index contributed by atoms with van der Waals surface area (Å²) in [5.74, 6) is -1.62. The van der Waals surface area contributed by atoms with Crippen LogP contribution in [0.15, 0.2) is 36.5 Å². The van der Waals surface area contributed by atoms with E-state index in [-0.39, 0.29) is 11.6 Å². The third-order valence-electron chi connectivity index (χ3n) is 1.94. The number of carboxylic acid groups (broad SMARTS) is 1. The predicted molar refractivity (Wildman–Crippen MR) is 58.7 cm³/mol. The van der Waals surface area contributed by atoms with Gasteiger partial charge in [0.1, 0.15) is 11.6 Å². The summed E-state index contributed by atoms with van der Waals surface area (Å²) in [5.41, 5.74) is 0.486. The Morgan fingerprint density at radius 1 is 1.35 bits per heavy atom. The van der Waals surface area contributed by atoms with Gasteiger partial charge >= 0.3 is 5.97 Å². The van der Waals surface area contributed by atoms with Crippen molar-refractivity contribution in [3.63, 3.8) is 0 Å². The number of rotatable bonds is 3. The largest absolute Gasteiger partial charge is 0.475 e. The fourth-order valence-corrected chi connectivity index (χ4v) is 1.25. The quantitative estimate of drug-likeness (QED) is 0.848. The third-order valence-corrected chi connectivity index (χ3v) is 1.94. The van der Waals surface area contributed by atoms with E-state index >= 15 is 0 Å². The van der Waals surface area contributed by atoms with Crippen molar-refractivity contribution in [1.82, 2.24) is 9.97 Å². The van der Waals surface area contributed by atoms with Crippen LogP contribution in [0.25, 0.3) is 0 Å². The maximum Gasteiger partial charge on any atom is 0.374 e. The van der Waals surface area contributed by atoms with E-state index < -0.39 is 5.97 Å². The first-order valence-corrected chi connectivity index (χ1v) is 4.74. The Bertz CT molecular complexity index is 560. The molecule has 2 aromatic rings. The second-order valence-electron chi connectivity index (χ2n) is 3.21. The lowest BCUT2D eigenvalue weighted by Crippen LogP contribution is -2.05. The molecular formula is C11H8FN3O2. The van der Waals surface area contributed by atoms with Gasteiger partial charge in [-0.15, -0.1) is 0 Å². The van der Waals surface area contributed by atoms with E-state index in [9.17, 15) is 9.18 Å². The van der Waals surface area contributed by atoms with Gasteiger partial charge in [0.15, 0.2) is 0 Å². The molecule has 0 saturated carbocycles. The van der Waals surface area contributed by atoms with E-state index in [0.717, 1.165) is 0 Å². The van der Waals surface area contributed by atoms with E-state index in [1.807, 2.05) is 0 Å². The molecule has 5 nitrogen and oxygen atoms in total. The number of benzene rings is 1. The van der Waals surface area contributed by atoms with Crippen molar-refractivity contribution < 1.29 is 14.3 Å². The van der Waals surface area contributed by atoms with Gasteiger partial charge in [-0.25, -0.2) is 19.2 Å². The van der Waals surface area contributed by atoms with Crippen molar-refractivity contribution in [2.45, 2.75) is 0 Å². The summed E-state index contributed by atoms with van der Waals surface area (Å²) in [6, 6.07) is 7.27. The molecule has 0 atom stereocenters. The maximum absolute atomic E-state index is 12.9. The number of carboxylic acids is 1. The van der Waals surface area contributed by atoms with Gasteiger partial charge in [0.25, 0.3) is 0 Å². The molecule has 0 spiro atoms. The van der Waals surface area contributed by atoms with E-state index in [2.05, 4.69) is 15.3 Å². The van der Waals surface area contributed by atoms with Crippen LogP contribution in [0.2, 0.25) is 0 Å². The molecule has 2 rings (SSSR count). The highest BCUT2D eigenvalue weighted by Crippen LogP contribution is 2.14. The number of anilines is 2. The van der Waals surface area contributed by atoms with Crippen LogP contribution in [0.3, 0.4) is 0 Å². The Hall–Kier alpha value is -2.50. The first-order chi connectivity index (χ1) is 8.15. The average Bonchev–Trinajstić information content (AvgIpc) is 2.29. The summed E-state index contributed by atoms with van der Waals surface area (Å²) < 4.78 is 12.9. The maximum atomic E-state index is 12.9. The van der Waals surface area contributed by atoms with Gasteiger partial charge in [-0.3, -0.25) is 0 Å². The number of nitrogens with one attached hydrogen (secondary N) is 1. The minimum Gasteiger partial charge on any atom is -0.475 e. The molecule has 2 N–H and O–H groups in total. The fraction of sp³-hybridized carbons (Fsp3) is 0. The average molecular weight is 233 g/mol. The predicted octanol–water partition coefficient (Wildman–Crippen LogP) is 2.06. The van der Waals surface area contributed by atoms with Crippen LogP contribution in [0.5, 0.6) is 0 Å². The summed E-state index contributed by atoms with van der Waals surface area (Å²) >= 11 is 0. The molecule has 86 valence electrons. The Labute approximate surface area is 96.0 Å². The number of hydrogen-bond acceptors (Lipinski definition) is 4. The molecule has 0 aliphatic heterocycles. The molecule has 0 aliphatic carbocycles. The smallest absolute Gasteiger partial charge is 0.374 e. The number of aromatic nitrogens is 2. The Balaban J connectivity index is 2.24. The highest BCUT2D eigenvalue weighted by Gasteiger charge is 2.07. The Morgan fingerprint density at radius 2 is 2.18 bits per heavy atom. The Morgan fingerprint density at radius 3 is 2.88 bits per heavy atom. The van der Waals surface area contributed by atoms with Crippen molar-refractivity contribution in [2.24, 2.45) is 0 Å². The third kappa shape index (κ3) is 2.75. The first kappa shape index (κ1) is 11.0. The van der Waals surface area contributed by atoms with E-state index in [1.165, 1.54) is 30.5 Å². The molecule has 0 unspecified atom stereocenters. The van der Waals surface area contributed by atoms with Crippen LogP contribution in [0.4, 0.5) is 15.9 Å². The van der Waals surface area contributed by atoms with Gasteiger partial charge in [0, 0.05) is 11.9 Å². The number of halogens is 1. The summed E-state index contributed by atoms with van der Waals surface area (Å²) in [5, 5.41) is 11.5. The minimum absolute atomic E-state index is 0.294. The van der Waals surface area contributed by atoms with Gasteiger partial charge < -0.3 is 10.4 Å². The second-order valence-corrected chi connectivity index (χ2v) is 3.21. The van der Waals surface area contributed by atoms with E-state index in [4.69, 9.17) is 5.11 Å². The molecule has 1 heterocycles. The number of nitrogens with zero attached hydrogens (tertiary/aromatic N) is 2. The summed E-state index contributed by atoms with van der Waals surface area (Å²) in [6.45, 7) is 0. The summed E-state index contributed by atoms with van der Waals surface area (Å²) in [7, 11) is 0. The minimum atomic E-state index is -1.21. The normalized spacial score (nSPS) is 9.94. The summed E-state index contributed by atoms with van der Waals surface area (Å²) in [6.07, 6.45) is 1.32. The molecular weight excluding hydrogens is 225 g/mol. The molecule has 0 bridgehead atoms. The molecule has 0 amide bonds. The number of carbonyl (C=O) groups is 1. The summed E-state index contributed by atoms with van der Waals surface area (Å²) in [4.78, 5) is 18.0. The standard InChI is InChI=1S/C11H8FN3O2/c12-7-2-1-3-8(6-7)14-9-4-5-13-10(15-9)11(16)17/h1-6H,(H,16,17)(H,13,14,15). The van der Waals surface area contributed by atoms with Crippen molar-refractivity contribution in [3.05, 3.63) is 48.2 Å². The van der Waals surface area contributed by atoms with Crippen LogP contribution < -0.4 is 5.32 Å². The molecule has 1 aromatic heterocycles. The lowest BCUT2D eigenvalue weighted by atomic mass is 10.3. The van der Waals surface area contributed by atoms with E-state index in [0.29, 0.717) is 11.5 Å². The monoisotopic (exact) mass is 233 g/mol. The zero-order valence-corrected chi connectivity index (χ0v) is 8.59. The van der Waals surface area contributed by atoms with Crippen molar-refractivity contribution in [2.75, 3.05) is 5.32 Å². The zero-order chi connectivity index (χ0) is 12.3. The number of hydrogen-bond donors (Lipinski definition) is 2. The lowest BCUT2D eigenvalue weighted by Gasteiger charge is -2.05. The highest BCUT2D eigenvalue weighted by atomic mass is 19.1. The van der Waals surface area contributed by atoms with Gasteiger partial charge in [-0.05, 0) is 24.3 Å². The fourth-order valence-electron chi connectivity index (χ4n) is 1.25. The van der Waals surface area contributed by atoms with Crippen LogP contribution in [-0.4, -0.2) is 21.0 Å². The van der Waals surface area contributed by atoms with Crippen molar-refractivity contribution >= 4 is 17.5 Å². The Kier molecular flexibility index (Phi) is 2.95. The molecule has 0 saturated heterocycles. The number of aromatic carboxylic acids is 1. The van der Waals surface area contributed by atoms with Gasteiger partial charge in [0.05, 0.1) is 0 Å². The van der Waals surface area contributed by atoms with Gasteiger partial charge in [0.2, 0.25) is 5.82 Å². The topological polar surface area (TPSA) is 75.1 Å². The first-order valence-electron chi connectivity index (χ1n) is 4.74. The van der Waals surface area contributed by atoms with Crippen LogP contribution in [0.1, 0.15) is 10.6 Å². The van der Waals surface area contributed by atoms with Gasteiger partial charge in [-0.2, -0.15) is 0 Å². The van der Waals surface area contributed by atoms with Crippen LogP contribution in [-0.2, 0) is 0 Å². The van der Waals surface area contributed by atoms with Crippen molar-refractivity contribution in [1.29, 1.82) is 0 Å². The molecule has 0 radical (unpaired) electrons. The van der Waals surface area contributed by atoms with Crippen LogP contribution in [0, 0.1) is 5.82 Å². The van der Waals surface area contributed by atoms with Crippen LogP contribution >= 0.6 is 0 Å². The molecule has 0 aliphatic rings. The van der Waals surface area contributed by atoms with E-state index in [1.54, 1.807) is 6.07 Å². The molecule has 1 aromatic carbocycles.